The molecule has 0 saturated carbocycles. The van der Waals surface area contributed by atoms with Crippen LogP contribution in [0, 0.1) is 0 Å². The highest BCUT2D eigenvalue weighted by atomic mass is 35.5. The number of halogens is 1. The van der Waals surface area contributed by atoms with Crippen LogP contribution >= 0.6 is 34.3 Å². The maximum Gasteiger partial charge on any atom is 0.152 e. The van der Waals surface area contributed by atoms with Crippen molar-refractivity contribution >= 4 is 34.3 Å². The van der Waals surface area contributed by atoms with E-state index in [2.05, 4.69) is 5.38 Å². The fraction of sp³-hybridized carbons (Fsp3) is 0.0526. The standard InChI is InChI=1S/C19H13ClN2OS2/c1-23-15-7-5-12(6-8-15)16-10-24-18(21-16)19-22-17(11-25-19)13-3-2-4-14(20)9-13/h2-11H,1H3. The van der Waals surface area contributed by atoms with Gasteiger partial charge in [0.25, 0.3) is 0 Å². The van der Waals surface area contributed by atoms with Crippen LogP contribution in [0.2, 0.25) is 5.02 Å². The minimum Gasteiger partial charge on any atom is -0.497 e. The second-order valence-corrected chi connectivity index (χ2v) is 7.47. The van der Waals surface area contributed by atoms with E-state index in [9.17, 15) is 0 Å². The molecule has 0 bridgehead atoms. The van der Waals surface area contributed by atoms with Gasteiger partial charge in [0.15, 0.2) is 10.0 Å². The van der Waals surface area contributed by atoms with Gasteiger partial charge in [-0.1, -0.05) is 23.7 Å². The Hall–Kier alpha value is -2.21. The molecule has 0 unspecified atom stereocenters. The number of thiazole rings is 2. The molecule has 0 aliphatic heterocycles. The average Bonchev–Trinajstić information content (AvgIpc) is 3.31. The molecule has 2 aromatic heterocycles. The van der Waals surface area contributed by atoms with Crippen LogP contribution in [0.1, 0.15) is 0 Å². The lowest BCUT2D eigenvalue weighted by molar-refractivity contribution is 0.415. The van der Waals surface area contributed by atoms with Crippen LogP contribution in [-0.4, -0.2) is 17.1 Å². The number of benzene rings is 2. The Balaban J connectivity index is 1.62. The molecule has 0 radical (unpaired) electrons. The predicted molar refractivity (Wildman–Crippen MR) is 106 cm³/mol. The topological polar surface area (TPSA) is 35.0 Å². The third kappa shape index (κ3) is 3.44. The van der Waals surface area contributed by atoms with E-state index in [4.69, 9.17) is 26.3 Å². The molecule has 0 atom stereocenters. The van der Waals surface area contributed by atoms with E-state index < -0.39 is 0 Å². The average molecular weight is 385 g/mol. The Morgan fingerprint density at radius 2 is 1.48 bits per heavy atom. The van der Waals surface area contributed by atoms with Gasteiger partial charge in [-0.2, -0.15) is 0 Å². The van der Waals surface area contributed by atoms with Crippen molar-refractivity contribution in [3.8, 4) is 38.3 Å². The molecular weight excluding hydrogens is 372 g/mol. The normalized spacial score (nSPS) is 10.8. The molecule has 0 saturated heterocycles. The van der Waals surface area contributed by atoms with Crippen LogP contribution < -0.4 is 4.74 Å². The molecule has 4 aromatic rings. The first-order valence-corrected chi connectivity index (χ1v) is 9.68. The van der Waals surface area contributed by atoms with Crippen LogP contribution in [0.3, 0.4) is 0 Å². The molecule has 4 rings (SSSR count). The second-order valence-electron chi connectivity index (χ2n) is 5.31. The highest BCUT2D eigenvalue weighted by molar-refractivity contribution is 7.20. The fourth-order valence-electron chi connectivity index (χ4n) is 2.42. The second kappa shape index (κ2) is 6.96. The zero-order valence-corrected chi connectivity index (χ0v) is 15.7. The summed E-state index contributed by atoms with van der Waals surface area (Å²) in [4.78, 5) is 9.44. The molecule has 2 aromatic carbocycles. The lowest BCUT2D eigenvalue weighted by Gasteiger charge is -2.00. The van der Waals surface area contributed by atoms with Crippen molar-refractivity contribution in [1.29, 1.82) is 0 Å². The summed E-state index contributed by atoms with van der Waals surface area (Å²) in [5, 5.41) is 6.64. The number of aromatic nitrogens is 2. The lowest BCUT2D eigenvalue weighted by atomic mass is 10.2. The zero-order chi connectivity index (χ0) is 17.2. The molecule has 6 heteroatoms. The summed E-state index contributed by atoms with van der Waals surface area (Å²) in [6.45, 7) is 0. The van der Waals surface area contributed by atoms with Crippen LogP contribution in [-0.2, 0) is 0 Å². The fourth-order valence-corrected chi connectivity index (χ4v) is 4.32. The third-order valence-electron chi connectivity index (χ3n) is 3.70. The third-order valence-corrected chi connectivity index (χ3v) is 5.76. The van der Waals surface area contributed by atoms with Crippen molar-refractivity contribution in [2.24, 2.45) is 0 Å². The highest BCUT2D eigenvalue weighted by Gasteiger charge is 2.12. The minimum atomic E-state index is 0.711. The number of hydrogen-bond acceptors (Lipinski definition) is 5. The van der Waals surface area contributed by atoms with Crippen LogP contribution in [0.4, 0.5) is 0 Å². The van der Waals surface area contributed by atoms with Gasteiger partial charge in [0, 0.05) is 26.9 Å². The van der Waals surface area contributed by atoms with Crippen LogP contribution in [0.15, 0.2) is 59.3 Å². The molecule has 0 spiro atoms. The van der Waals surface area contributed by atoms with Crippen molar-refractivity contribution in [3.63, 3.8) is 0 Å². The Morgan fingerprint density at radius 3 is 2.08 bits per heavy atom. The van der Waals surface area contributed by atoms with E-state index in [1.54, 1.807) is 29.8 Å². The van der Waals surface area contributed by atoms with Gasteiger partial charge in [-0.15, -0.1) is 22.7 Å². The summed E-state index contributed by atoms with van der Waals surface area (Å²) < 4.78 is 5.20. The first-order chi connectivity index (χ1) is 12.2. The Kier molecular flexibility index (Phi) is 4.53. The molecule has 2 heterocycles. The summed E-state index contributed by atoms with van der Waals surface area (Å²) in [6.07, 6.45) is 0. The van der Waals surface area contributed by atoms with Gasteiger partial charge in [0.2, 0.25) is 0 Å². The van der Waals surface area contributed by atoms with Gasteiger partial charge in [0.1, 0.15) is 5.75 Å². The number of ether oxygens (including phenoxy) is 1. The maximum absolute atomic E-state index is 6.07. The molecule has 0 amide bonds. The Morgan fingerprint density at radius 1 is 0.840 bits per heavy atom. The lowest BCUT2D eigenvalue weighted by Crippen LogP contribution is -1.83. The summed E-state index contributed by atoms with van der Waals surface area (Å²) in [6, 6.07) is 15.6. The van der Waals surface area contributed by atoms with E-state index in [1.165, 1.54) is 0 Å². The maximum atomic E-state index is 6.07. The predicted octanol–water partition coefficient (Wildman–Crippen LogP) is 6.26. The molecule has 0 aliphatic rings. The number of hydrogen-bond donors (Lipinski definition) is 0. The van der Waals surface area contributed by atoms with Gasteiger partial charge in [0.05, 0.1) is 18.5 Å². The van der Waals surface area contributed by atoms with E-state index in [-0.39, 0.29) is 0 Å². The summed E-state index contributed by atoms with van der Waals surface area (Å²) in [7, 11) is 1.66. The summed E-state index contributed by atoms with van der Waals surface area (Å²) in [5.74, 6) is 0.838. The molecule has 25 heavy (non-hydrogen) atoms. The molecule has 0 aliphatic carbocycles. The van der Waals surface area contributed by atoms with Gasteiger partial charge >= 0.3 is 0 Å². The number of methoxy groups -OCH3 is 1. The molecule has 0 N–H and O–H groups in total. The quantitative estimate of drug-likeness (QED) is 0.416. The monoisotopic (exact) mass is 384 g/mol. The largest absolute Gasteiger partial charge is 0.497 e. The van der Waals surface area contributed by atoms with E-state index in [1.807, 2.05) is 53.9 Å². The van der Waals surface area contributed by atoms with E-state index in [0.717, 1.165) is 38.3 Å². The van der Waals surface area contributed by atoms with Crippen LogP contribution in [0.5, 0.6) is 5.75 Å². The summed E-state index contributed by atoms with van der Waals surface area (Å²) in [5.41, 5.74) is 3.95. The molecular formula is C19H13ClN2OS2. The Labute approximate surface area is 158 Å². The Bertz CT molecular complexity index is 1010. The molecule has 124 valence electrons. The van der Waals surface area contributed by atoms with Gasteiger partial charge in [-0.25, -0.2) is 9.97 Å². The SMILES string of the molecule is COc1ccc(-c2csc(-c3nc(-c4cccc(Cl)c4)cs3)n2)cc1. The van der Waals surface area contributed by atoms with Crippen molar-refractivity contribution in [2.45, 2.75) is 0 Å². The van der Waals surface area contributed by atoms with Gasteiger partial charge in [-0.3, -0.25) is 0 Å². The van der Waals surface area contributed by atoms with Gasteiger partial charge < -0.3 is 4.74 Å². The first kappa shape index (κ1) is 16.3. The summed E-state index contributed by atoms with van der Waals surface area (Å²) >= 11 is 9.26. The highest BCUT2D eigenvalue weighted by Crippen LogP contribution is 2.34. The van der Waals surface area contributed by atoms with Crippen LogP contribution in [0.25, 0.3) is 32.5 Å². The van der Waals surface area contributed by atoms with Crippen molar-refractivity contribution in [2.75, 3.05) is 7.11 Å². The van der Waals surface area contributed by atoms with Crippen molar-refractivity contribution < 1.29 is 4.74 Å². The molecule has 0 fully saturated rings. The molecule has 3 nitrogen and oxygen atoms in total. The van der Waals surface area contributed by atoms with E-state index >= 15 is 0 Å². The minimum absolute atomic E-state index is 0.711. The smallest absolute Gasteiger partial charge is 0.152 e. The zero-order valence-electron chi connectivity index (χ0n) is 13.3. The first-order valence-electron chi connectivity index (χ1n) is 7.55. The number of rotatable bonds is 4. The van der Waals surface area contributed by atoms with E-state index in [0.29, 0.717) is 5.02 Å². The van der Waals surface area contributed by atoms with Gasteiger partial charge in [-0.05, 0) is 36.4 Å². The number of nitrogens with zero attached hydrogens (tertiary/aromatic N) is 2. The van der Waals surface area contributed by atoms with Crippen molar-refractivity contribution in [3.05, 3.63) is 64.3 Å². The van der Waals surface area contributed by atoms with Crippen molar-refractivity contribution in [1.82, 2.24) is 9.97 Å².